The Balaban J connectivity index is 1.56. The van der Waals surface area contributed by atoms with E-state index in [-0.39, 0.29) is 17.2 Å². The van der Waals surface area contributed by atoms with Gasteiger partial charge in [0.05, 0.1) is 4.90 Å². The molecule has 27 heavy (non-hydrogen) atoms. The third-order valence-electron chi connectivity index (χ3n) is 3.81. The highest BCUT2D eigenvalue weighted by molar-refractivity contribution is 7.89. The maximum absolute atomic E-state index is 12.0. The van der Waals surface area contributed by atoms with Crippen molar-refractivity contribution < 1.29 is 17.7 Å². The fourth-order valence-corrected chi connectivity index (χ4v) is 2.86. The van der Waals surface area contributed by atoms with Crippen LogP contribution in [0.15, 0.2) is 57.9 Å². The van der Waals surface area contributed by atoms with E-state index in [0.717, 1.165) is 11.1 Å². The first kappa shape index (κ1) is 18.7. The molecule has 0 bridgehead atoms. The minimum atomic E-state index is -3.76. The summed E-state index contributed by atoms with van der Waals surface area (Å²) in [6, 6.07) is 13.3. The molecule has 1 heterocycles. The van der Waals surface area contributed by atoms with E-state index in [4.69, 9.17) is 9.66 Å². The molecule has 9 heteroatoms. The van der Waals surface area contributed by atoms with Gasteiger partial charge in [-0.2, -0.15) is 4.98 Å². The number of aryl methyl sites for hydroxylation is 2. The van der Waals surface area contributed by atoms with Crippen LogP contribution >= 0.6 is 0 Å². The summed E-state index contributed by atoms with van der Waals surface area (Å²) in [5.41, 5.74) is 2.45. The number of nitrogens with two attached hydrogens (primary N) is 1. The summed E-state index contributed by atoms with van der Waals surface area (Å²) in [5, 5.41) is 11.6. The van der Waals surface area contributed by atoms with Gasteiger partial charge >= 0.3 is 0 Å². The molecule has 1 amide bonds. The molecule has 0 saturated carbocycles. The lowest BCUT2D eigenvalue weighted by Crippen LogP contribution is -2.14. The minimum Gasteiger partial charge on any atom is -0.339 e. The number of carbonyl (C=O) groups excluding carboxylic acids is 1. The lowest BCUT2D eigenvalue weighted by molar-refractivity contribution is -0.116. The van der Waals surface area contributed by atoms with Crippen LogP contribution in [0.3, 0.4) is 0 Å². The van der Waals surface area contributed by atoms with Crippen molar-refractivity contribution in [2.24, 2.45) is 5.14 Å². The van der Waals surface area contributed by atoms with Crippen LogP contribution < -0.4 is 10.5 Å². The van der Waals surface area contributed by atoms with Crippen LogP contribution in [-0.4, -0.2) is 24.5 Å². The fraction of sp³-hybridized carbons (Fsp3) is 0.167. The number of nitrogens with one attached hydrogen (secondary N) is 1. The lowest BCUT2D eigenvalue weighted by atomic mass is 10.1. The molecule has 0 radical (unpaired) electrons. The Kier molecular flexibility index (Phi) is 5.33. The van der Waals surface area contributed by atoms with Crippen molar-refractivity contribution in [2.75, 3.05) is 5.32 Å². The number of aromatic nitrogens is 2. The topological polar surface area (TPSA) is 128 Å². The normalized spacial score (nSPS) is 11.3. The zero-order valence-electron chi connectivity index (χ0n) is 14.5. The van der Waals surface area contributed by atoms with Gasteiger partial charge < -0.3 is 9.84 Å². The van der Waals surface area contributed by atoms with E-state index in [1.54, 1.807) is 0 Å². The number of nitrogens with zero attached hydrogens (tertiary/aromatic N) is 2. The molecule has 0 fully saturated rings. The molecular formula is C18H18N4O4S. The molecule has 3 N–H and O–H groups in total. The van der Waals surface area contributed by atoms with Crippen molar-refractivity contribution in [3.63, 3.8) is 0 Å². The standard InChI is InChI=1S/C18H18N4O4S/c1-12-2-4-13(5-3-12)18-21-17(26-22-18)11-10-16(23)20-14-6-8-15(9-7-14)27(19,24)25/h2-9H,10-11H2,1H3,(H,20,23)(H2,19,24,25). The van der Waals surface area contributed by atoms with E-state index < -0.39 is 10.0 Å². The van der Waals surface area contributed by atoms with Crippen LogP contribution in [0.2, 0.25) is 0 Å². The number of benzene rings is 2. The molecule has 2 aromatic carbocycles. The largest absolute Gasteiger partial charge is 0.339 e. The number of primary sulfonamides is 1. The van der Waals surface area contributed by atoms with Gasteiger partial charge in [-0.3, -0.25) is 4.79 Å². The summed E-state index contributed by atoms with van der Waals surface area (Å²) in [6.45, 7) is 1.99. The average Bonchev–Trinajstić information content (AvgIpc) is 3.09. The summed E-state index contributed by atoms with van der Waals surface area (Å²) in [7, 11) is -3.76. The Labute approximate surface area is 156 Å². The van der Waals surface area contributed by atoms with Gasteiger partial charge in [0.25, 0.3) is 0 Å². The molecule has 0 aliphatic carbocycles. The lowest BCUT2D eigenvalue weighted by Gasteiger charge is -2.05. The Bertz CT molecular complexity index is 1040. The van der Waals surface area contributed by atoms with Gasteiger partial charge in [0.15, 0.2) is 0 Å². The van der Waals surface area contributed by atoms with Crippen molar-refractivity contribution in [1.82, 2.24) is 10.1 Å². The molecule has 8 nitrogen and oxygen atoms in total. The molecule has 1 aromatic heterocycles. The number of carbonyl (C=O) groups is 1. The highest BCUT2D eigenvalue weighted by atomic mass is 32.2. The molecule has 3 aromatic rings. The van der Waals surface area contributed by atoms with Crippen molar-refractivity contribution in [3.8, 4) is 11.4 Å². The maximum atomic E-state index is 12.0. The third-order valence-corrected chi connectivity index (χ3v) is 4.74. The van der Waals surface area contributed by atoms with Gasteiger partial charge in [-0.05, 0) is 31.2 Å². The monoisotopic (exact) mass is 386 g/mol. The van der Waals surface area contributed by atoms with Crippen LogP contribution in [0.1, 0.15) is 17.9 Å². The zero-order valence-corrected chi connectivity index (χ0v) is 15.4. The number of anilines is 1. The molecule has 0 aliphatic heterocycles. The third kappa shape index (κ3) is 4.99. The fourth-order valence-electron chi connectivity index (χ4n) is 2.35. The van der Waals surface area contributed by atoms with Gasteiger partial charge in [-0.15, -0.1) is 0 Å². The molecule has 0 aliphatic rings. The zero-order chi connectivity index (χ0) is 19.4. The van der Waals surface area contributed by atoms with Gasteiger partial charge in [-0.1, -0.05) is 35.0 Å². The summed E-state index contributed by atoms with van der Waals surface area (Å²) in [4.78, 5) is 16.3. The molecule has 0 saturated heterocycles. The number of hydrogen-bond donors (Lipinski definition) is 2. The molecule has 0 unspecified atom stereocenters. The minimum absolute atomic E-state index is 0.0185. The highest BCUT2D eigenvalue weighted by Gasteiger charge is 2.12. The predicted molar refractivity (Wildman–Crippen MR) is 99.2 cm³/mol. The Hall–Kier alpha value is -3.04. The second-order valence-electron chi connectivity index (χ2n) is 6.00. The van der Waals surface area contributed by atoms with Crippen LogP contribution in [0.4, 0.5) is 5.69 Å². The summed E-state index contributed by atoms with van der Waals surface area (Å²) >= 11 is 0. The number of hydrogen-bond acceptors (Lipinski definition) is 6. The molecule has 0 spiro atoms. The van der Waals surface area contributed by atoms with Crippen LogP contribution in [0.25, 0.3) is 11.4 Å². The summed E-state index contributed by atoms with van der Waals surface area (Å²) in [6.07, 6.45) is 0.437. The molecular weight excluding hydrogens is 368 g/mol. The van der Waals surface area contributed by atoms with Crippen LogP contribution in [-0.2, 0) is 21.2 Å². The van der Waals surface area contributed by atoms with Crippen molar-refractivity contribution in [1.29, 1.82) is 0 Å². The maximum Gasteiger partial charge on any atom is 0.238 e. The first-order valence-electron chi connectivity index (χ1n) is 8.13. The van der Waals surface area contributed by atoms with Crippen molar-refractivity contribution >= 4 is 21.6 Å². The molecule has 140 valence electrons. The van der Waals surface area contributed by atoms with Crippen LogP contribution in [0, 0.1) is 6.92 Å². The Morgan fingerprint density at radius 1 is 1.11 bits per heavy atom. The van der Waals surface area contributed by atoms with Crippen molar-refractivity contribution in [3.05, 3.63) is 60.0 Å². The van der Waals surface area contributed by atoms with E-state index in [2.05, 4.69) is 15.5 Å². The quantitative estimate of drug-likeness (QED) is 0.669. The smallest absolute Gasteiger partial charge is 0.238 e. The first-order chi connectivity index (χ1) is 12.8. The summed E-state index contributed by atoms with van der Waals surface area (Å²) in [5.74, 6) is 0.586. The number of amides is 1. The Morgan fingerprint density at radius 3 is 2.41 bits per heavy atom. The van der Waals surface area contributed by atoms with Gasteiger partial charge in [0, 0.05) is 24.1 Å². The number of rotatable bonds is 6. The van der Waals surface area contributed by atoms with Crippen molar-refractivity contribution in [2.45, 2.75) is 24.7 Å². The van der Waals surface area contributed by atoms with Gasteiger partial charge in [0.2, 0.25) is 27.6 Å². The molecule has 0 atom stereocenters. The van der Waals surface area contributed by atoms with E-state index in [1.165, 1.54) is 24.3 Å². The van der Waals surface area contributed by atoms with E-state index in [0.29, 0.717) is 23.8 Å². The van der Waals surface area contributed by atoms with Gasteiger partial charge in [-0.25, -0.2) is 13.6 Å². The van der Waals surface area contributed by atoms with E-state index in [1.807, 2.05) is 31.2 Å². The van der Waals surface area contributed by atoms with E-state index in [9.17, 15) is 13.2 Å². The second kappa shape index (κ2) is 7.68. The van der Waals surface area contributed by atoms with E-state index >= 15 is 0 Å². The second-order valence-corrected chi connectivity index (χ2v) is 7.56. The average molecular weight is 386 g/mol. The number of sulfonamides is 1. The predicted octanol–water partition coefficient (Wildman–Crippen LogP) is 2.26. The SMILES string of the molecule is Cc1ccc(-c2noc(CCC(=O)Nc3ccc(S(N)(=O)=O)cc3)n2)cc1. The molecule has 3 rings (SSSR count). The van der Waals surface area contributed by atoms with Crippen LogP contribution in [0.5, 0.6) is 0 Å². The summed E-state index contributed by atoms with van der Waals surface area (Å²) < 4.78 is 27.6. The first-order valence-corrected chi connectivity index (χ1v) is 9.68. The van der Waals surface area contributed by atoms with Gasteiger partial charge in [0.1, 0.15) is 0 Å². The Morgan fingerprint density at radius 2 is 1.78 bits per heavy atom. The highest BCUT2D eigenvalue weighted by Crippen LogP contribution is 2.17.